The van der Waals surface area contributed by atoms with Crippen LogP contribution >= 0.6 is 0 Å². The molecule has 1 amide bonds. The number of hydrogen-bond donors (Lipinski definition) is 1. The minimum Gasteiger partial charge on any atom is -0.321 e. The first-order valence-corrected chi connectivity index (χ1v) is 9.81. The fourth-order valence-corrected chi connectivity index (χ4v) is 3.74. The van der Waals surface area contributed by atoms with Gasteiger partial charge in [-0.2, -0.15) is 0 Å². The molecule has 4 heteroatoms. The van der Waals surface area contributed by atoms with Gasteiger partial charge in [0.05, 0.1) is 28.0 Å². The van der Waals surface area contributed by atoms with Gasteiger partial charge in [-0.1, -0.05) is 66.7 Å². The highest BCUT2D eigenvalue weighted by molar-refractivity contribution is 6.15. The van der Waals surface area contributed by atoms with E-state index in [1.165, 1.54) is 0 Å². The number of pyridine rings is 2. The molecule has 2 aromatic heterocycles. The number of amides is 1. The van der Waals surface area contributed by atoms with Crippen LogP contribution in [0.5, 0.6) is 0 Å². The van der Waals surface area contributed by atoms with Gasteiger partial charge in [-0.15, -0.1) is 0 Å². The van der Waals surface area contributed by atoms with E-state index in [4.69, 9.17) is 4.98 Å². The van der Waals surface area contributed by atoms with Gasteiger partial charge >= 0.3 is 0 Å². The van der Waals surface area contributed by atoms with Gasteiger partial charge in [-0.3, -0.25) is 9.78 Å². The van der Waals surface area contributed by atoms with Crippen LogP contribution in [0.2, 0.25) is 0 Å². The Balaban J connectivity index is 1.63. The van der Waals surface area contributed by atoms with Crippen molar-refractivity contribution < 1.29 is 4.79 Å². The highest BCUT2D eigenvalue weighted by Gasteiger charge is 2.15. The third kappa shape index (κ3) is 3.18. The standard InChI is InChI=1S/C26H19N3O/c1-17-8-7-12-20-23(14-15-27-25(17)20)29-26(30)21-16-24(18-9-3-2-4-10-18)28-22-13-6-5-11-19(21)22/h2-16H,1H3,(H,27,29,30). The molecule has 3 aromatic carbocycles. The quantitative estimate of drug-likeness (QED) is 0.411. The molecule has 0 saturated heterocycles. The maximum Gasteiger partial charge on any atom is 0.256 e. The molecule has 0 radical (unpaired) electrons. The molecule has 0 aliphatic heterocycles. The Morgan fingerprint density at radius 1 is 0.833 bits per heavy atom. The van der Waals surface area contributed by atoms with Crippen LogP contribution in [-0.4, -0.2) is 15.9 Å². The second-order valence-corrected chi connectivity index (χ2v) is 7.22. The molecule has 0 fully saturated rings. The van der Waals surface area contributed by atoms with E-state index in [2.05, 4.69) is 10.3 Å². The maximum absolute atomic E-state index is 13.4. The molecule has 5 aromatic rings. The van der Waals surface area contributed by atoms with Crippen molar-refractivity contribution in [1.82, 2.24) is 9.97 Å². The van der Waals surface area contributed by atoms with Crippen LogP contribution in [0.25, 0.3) is 33.1 Å². The monoisotopic (exact) mass is 389 g/mol. The Labute approximate surface area is 174 Å². The highest BCUT2D eigenvalue weighted by atomic mass is 16.1. The molecule has 0 aliphatic rings. The van der Waals surface area contributed by atoms with Crippen LogP contribution in [0.1, 0.15) is 15.9 Å². The Morgan fingerprint density at radius 3 is 2.47 bits per heavy atom. The van der Waals surface area contributed by atoms with E-state index in [0.717, 1.165) is 44.3 Å². The zero-order chi connectivity index (χ0) is 20.5. The normalized spacial score (nSPS) is 11.0. The number of rotatable bonds is 3. The lowest BCUT2D eigenvalue weighted by Gasteiger charge is -2.12. The van der Waals surface area contributed by atoms with Gasteiger partial charge in [-0.25, -0.2) is 4.98 Å². The van der Waals surface area contributed by atoms with Crippen LogP contribution in [0, 0.1) is 6.92 Å². The lowest BCUT2D eigenvalue weighted by Crippen LogP contribution is -2.13. The van der Waals surface area contributed by atoms with E-state index in [1.54, 1.807) is 6.20 Å². The molecule has 30 heavy (non-hydrogen) atoms. The molecule has 0 spiro atoms. The molecular formula is C26H19N3O. The SMILES string of the molecule is Cc1cccc2c(NC(=O)c3cc(-c4ccccc4)nc4ccccc34)ccnc12. The Morgan fingerprint density at radius 2 is 1.60 bits per heavy atom. The Kier molecular flexibility index (Phi) is 4.45. The molecule has 1 N–H and O–H groups in total. The lowest BCUT2D eigenvalue weighted by atomic mass is 10.0. The van der Waals surface area contributed by atoms with Gasteiger partial charge in [0.1, 0.15) is 0 Å². The van der Waals surface area contributed by atoms with Crippen molar-refractivity contribution in [2.75, 3.05) is 5.32 Å². The van der Waals surface area contributed by atoms with Crippen molar-refractivity contribution in [1.29, 1.82) is 0 Å². The van der Waals surface area contributed by atoms with Gasteiger partial charge in [-0.05, 0) is 30.7 Å². The predicted molar refractivity (Wildman–Crippen MR) is 122 cm³/mol. The van der Waals surface area contributed by atoms with E-state index in [1.807, 2.05) is 91.9 Å². The van der Waals surface area contributed by atoms with Gasteiger partial charge in [0.2, 0.25) is 0 Å². The summed E-state index contributed by atoms with van der Waals surface area (Å²) in [6, 6.07) is 27.3. The molecule has 4 nitrogen and oxygen atoms in total. The summed E-state index contributed by atoms with van der Waals surface area (Å²) in [5.41, 5.74) is 5.84. The Bertz CT molecular complexity index is 1390. The van der Waals surface area contributed by atoms with Crippen molar-refractivity contribution in [2.24, 2.45) is 0 Å². The summed E-state index contributed by atoms with van der Waals surface area (Å²) in [5.74, 6) is -0.167. The second kappa shape index (κ2) is 7.41. The summed E-state index contributed by atoms with van der Waals surface area (Å²) in [4.78, 5) is 22.6. The average molecular weight is 389 g/mol. The number of benzene rings is 3. The fraction of sp³-hybridized carbons (Fsp3) is 0.0385. The minimum absolute atomic E-state index is 0.167. The predicted octanol–water partition coefficient (Wildman–Crippen LogP) is 6.01. The highest BCUT2D eigenvalue weighted by Crippen LogP contribution is 2.28. The third-order valence-electron chi connectivity index (χ3n) is 5.25. The number of fused-ring (bicyclic) bond motifs is 2. The number of nitrogens with one attached hydrogen (secondary N) is 1. The van der Waals surface area contributed by atoms with Crippen LogP contribution in [0.15, 0.2) is 91.1 Å². The zero-order valence-corrected chi connectivity index (χ0v) is 16.5. The van der Waals surface area contributed by atoms with E-state index < -0.39 is 0 Å². The van der Waals surface area contributed by atoms with Gasteiger partial charge in [0, 0.05) is 22.5 Å². The maximum atomic E-state index is 13.4. The van der Waals surface area contributed by atoms with Crippen LogP contribution < -0.4 is 5.32 Å². The molecule has 0 unspecified atom stereocenters. The topological polar surface area (TPSA) is 54.9 Å². The molecule has 2 heterocycles. The first kappa shape index (κ1) is 18.0. The van der Waals surface area contributed by atoms with Crippen molar-refractivity contribution in [2.45, 2.75) is 6.92 Å². The van der Waals surface area contributed by atoms with Crippen LogP contribution in [-0.2, 0) is 0 Å². The average Bonchev–Trinajstić information content (AvgIpc) is 2.79. The summed E-state index contributed by atoms with van der Waals surface area (Å²) in [6.07, 6.45) is 1.73. The number of aryl methyl sites for hydroxylation is 1. The first-order chi connectivity index (χ1) is 14.7. The number of carbonyl (C=O) groups is 1. The second-order valence-electron chi connectivity index (χ2n) is 7.22. The molecule has 0 aliphatic carbocycles. The molecular weight excluding hydrogens is 370 g/mol. The number of carbonyl (C=O) groups excluding carboxylic acids is 1. The minimum atomic E-state index is -0.167. The summed E-state index contributed by atoms with van der Waals surface area (Å²) < 4.78 is 0. The van der Waals surface area contributed by atoms with Gasteiger partial charge in [0.25, 0.3) is 5.91 Å². The van der Waals surface area contributed by atoms with Gasteiger partial charge < -0.3 is 5.32 Å². The molecule has 0 bridgehead atoms. The third-order valence-corrected chi connectivity index (χ3v) is 5.25. The van der Waals surface area contributed by atoms with Crippen molar-refractivity contribution in [3.05, 3.63) is 102 Å². The van der Waals surface area contributed by atoms with Gasteiger partial charge in [0.15, 0.2) is 0 Å². The Hall–Kier alpha value is -4.05. The van der Waals surface area contributed by atoms with Crippen LogP contribution in [0.3, 0.4) is 0 Å². The lowest BCUT2D eigenvalue weighted by molar-refractivity contribution is 0.102. The number of aromatic nitrogens is 2. The number of anilines is 1. The molecule has 0 atom stereocenters. The van der Waals surface area contributed by atoms with E-state index in [9.17, 15) is 4.79 Å². The van der Waals surface area contributed by atoms with Crippen molar-refractivity contribution in [3.63, 3.8) is 0 Å². The molecule has 0 saturated carbocycles. The summed E-state index contributed by atoms with van der Waals surface area (Å²) in [6.45, 7) is 2.02. The largest absolute Gasteiger partial charge is 0.321 e. The van der Waals surface area contributed by atoms with E-state index in [-0.39, 0.29) is 5.91 Å². The van der Waals surface area contributed by atoms with E-state index in [0.29, 0.717) is 5.56 Å². The smallest absolute Gasteiger partial charge is 0.256 e. The number of para-hydroxylation sites is 2. The molecule has 5 rings (SSSR count). The van der Waals surface area contributed by atoms with Crippen molar-refractivity contribution in [3.8, 4) is 11.3 Å². The fourth-order valence-electron chi connectivity index (χ4n) is 3.74. The number of nitrogens with zero attached hydrogens (tertiary/aromatic N) is 2. The molecule has 144 valence electrons. The first-order valence-electron chi connectivity index (χ1n) is 9.81. The summed E-state index contributed by atoms with van der Waals surface area (Å²) in [7, 11) is 0. The van der Waals surface area contributed by atoms with E-state index >= 15 is 0 Å². The summed E-state index contributed by atoms with van der Waals surface area (Å²) in [5, 5.41) is 4.84. The van der Waals surface area contributed by atoms with Crippen molar-refractivity contribution >= 4 is 33.4 Å². The number of hydrogen-bond acceptors (Lipinski definition) is 3. The summed E-state index contributed by atoms with van der Waals surface area (Å²) >= 11 is 0. The van der Waals surface area contributed by atoms with Crippen LogP contribution in [0.4, 0.5) is 5.69 Å². The zero-order valence-electron chi connectivity index (χ0n) is 16.5.